The minimum atomic E-state index is -7.20. The van der Waals surface area contributed by atoms with Crippen LogP contribution in [0, 0.1) is 111 Å². The maximum absolute atomic E-state index is 16.7. The summed E-state index contributed by atoms with van der Waals surface area (Å²) in [6, 6.07) is 10.4. The van der Waals surface area contributed by atoms with E-state index in [1.54, 1.807) is 0 Å². The van der Waals surface area contributed by atoms with E-state index in [9.17, 15) is 39.5 Å². The molecule has 0 saturated heterocycles. The number of halogens is 22. The van der Waals surface area contributed by atoms with Gasteiger partial charge in [-0.05, 0) is 24.2 Å². The number of hydrogen-bond acceptors (Lipinski definition) is 0. The van der Waals surface area contributed by atoms with Gasteiger partial charge in [-0.25, -0.2) is 83.4 Å². The van der Waals surface area contributed by atoms with Gasteiger partial charge in [-0.3, -0.25) is 0 Å². The van der Waals surface area contributed by atoms with Gasteiger partial charge in [0.1, 0.15) is 65.8 Å². The maximum atomic E-state index is 16.7. The molecule has 1 nitrogen and oxygen atoms in total. The molecule has 0 amide bonds. The summed E-state index contributed by atoms with van der Waals surface area (Å²) in [5.41, 5.74) is -12.6. The molecule has 0 fully saturated rings. The number of para-hydroxylation sites is 1. The summed E-state index contributed by atoms with van der Waals surface area (Å²) in [5.74, 6) is -65.8. The molecule has 0 bridgehead atoms. The molecule has 0 aliphatic rings. The summed E-state index contributed by atoms with van der Waals surface area (Å²) in [4.78, 5) is 1.37. The minimum Gasteiger partial charge on any atom is -0.307 e. The fourth-order valence-corrected chi connectivity index (χ4v) is 12.8. The number of nitrogens with one attached hydrogen (secondary N) is 1. The lowest BCUT2D eigenvalue weighted by Crippen LogP contribution is -3.00. The summed E-state index contributed by atoms with van der Waals surface area (Å²) in [5, 5.41) is -2.02. The van der Waals surface area contributed by atoms with Crippen LogP contribution in [0.15, 0.2) is 30.3 Å². The van der Waals surface area contributed by atoms with Gasteiger partial charge in [0.25, 0.3) is 6.69 Å². The molecule has 0 saturated carbocycles. The molecule has 0 aromatic heterocycles. The Morgan fingerprint density at radius 3 is 0.882 bits per heavy atom. The van der Waals surface area contributed by atoms with Crippen LogP contribution in [0.1, 0.15) is 38.5 Å². The number of unbranched alkanes of at least 4 members (excludes halogenated alkanes) is 5. The molecule has 5 rings (SSSR count). The van der Waals surface area contributed by atoms with E-state index in [1.165, 1.54) is 10.6 Å². The van der Waals surface area contributed by atoms with Crippen LogP contribution < -0.4 is 31.9 Å². The smallest absolute Gasteiger partial charge is 0.286 e. The Balaban J connectivity index is 0.000001000. The van der Waals surface area contributed by atoms with E-state index in [0.717, 1.165) is 12.5 Å². The predicted octanol–water partition coefficient (Wildman–Crippen LogP) is 11.1. The summed E-state index contributed by atoms with van der Waals surface area (Å²) < 4.78 is 294. The Labute approximate surface area is 391 Å². The highest BCUT2D eigenvalue weighted by atomic mass is 35.7. The zero-order valence-corrected chi connectivity index (χ0v) is 39.7. The van der Waals surface area contributed by atoms with Crippen molar-refractivity contribution in [3.05, 3.63) is 141 Å². The Bertz CT molecular complexity index is 2420. The zero-order chi connectivity index (χ0) is 51.7. The van der Waals surface area contributed by atoms with Gasteiger partial charge >= 0.3 is 0 Å². The SMILES string of the molecule is C[NH+](C)c1ccccc1.C[Si](C)(Cl)CCCCCCCC[Si](Cl)(Cl)c1c(F)c(F)c([B-](c2c(F)c(F)c(F)c(F)c2F)(c2c(F)c(F)c(F)c(F)c2F)c2c(F)c(F)c(F)c(F)c2F)c(F)c1F. The Morgan fingerprint density at radius 2 is 0.618 bits per heavy atom. The molecule has 1 N–H and O–H groups in total. The average molecular weight is 1090 g/mol. The third-order valence-electron chi connectivity index (χ3n) is 11.0. The molecule has 0 radical (unpaired) electrons. The predicted molar refractivity (Wildman–Crippen MR) is 226 cm³/mol. The third-order valence-corrected chi connectivity index (χ3v) is 17.5. The molecule has 372 valence electrons. The van der Waals surface area contributed by atoms with Gasteiger partial charge in [-0.2, -0.15) is 11.1 Å². The molecular weight excluding hydrogens is 1050 g/mol. The van der Waals surface area contributed by atoms with E-state index >= 15 is 43.9 Å². The van der Waals surface area contributed by atoms with Gasteiger partial charge in [0.2, 0.25) is 0 Å². The molecule has 68 heavy (non-hydrogen) atoms. The molecule has 5 aromatic rings. The first-order valence-electron chi connectivity index (χ1n) is 19.9. The largest absolute Gasteiger partial charge is 0.307 e. The van der Waals surface area contributed by atoms with E-state index in [2.05, 4.69) is 38.4 Å². The van der Waals surface area contributed by atoms with Crippen LogP contribution in [0.25, 0.3) is 0 Å². The monoisotopic (exact) mass is 1090 g/mol. The van der Waals surface area contributed by atoms with Crippen LogP contribution in [0.3, 0.4) is 0 Å². The Morgan fingerprint density at radius 1 is 0.368 bits per heavy atom. The summed E-state index contributed by atoms with van der Waals surface area (Å²) in [6.07, 6.45) is -4.73. The highest BCUT2D eigenvalue weighted by Crippen LogP contribution is 2.33. The first-order valence-corrected chi connectivity index (χ1v) is 28.4. The first kappa shape index (κ1) is 56.7. The minimum absolute atomic E-state index is 0.160. The van der Waals surface area contributed by atoms with Gasteiger partial charge in [-0.15, -0.1) is 44.0 Å². The average Bonchev–Trinajstić information content (AvgIpc) is 3.28. The van der Waals surface area contributed by atoms with Gasteiger partial charge in [0, 0.05) is 5.19 Å². The van der Waals surface area contributed by atoms with E-state index in [0.29, 0.717) is 19.3 Å². The van der Waals surface area contributed by atoms with E-state index in [1.807, 2.05) is 19.2 Å². The van der Waals surface area contributed by atoms with Crippen LogP contribution in [0.5, 0.6) is 0 Å². The normalized spacial score (nSPS) is 12.3. The number of quaternary nitrogens is 1. The molecular formula is C42H34BCl3F19NSi2. The second kappa shape index (κ2) is 22.0. The van der Waals surface area contributed by atoms with Crippen molar-refractivity contribution in [1.82, 2.24) is 0 Å². The van der Waals surface area contributed by atoms with Crippen LogP contribution in [0.4, 0.5) is 89.1 Å². The number of hydrogen-bond donors (Lipinski definition) is 1. The molecule has 0 atom stereocenters. The second-order valence-corrected chi connectivity index (χ2v) is 30.1. The van der Waals surface area contributed by atoms with Crippen molar-refractivity contribution in [2.45, 2.75) is 63.7 Å². The lowest BCUT2D eigenvalue weighted by Gasteiger charge is -2.45. The van der Waals surface area contributed by atoms with E-state index in [-0.39, 0.29) is 12.8 Å². The van der Waals surface area contributed by atoms with E-state index < -0.39 is 164 Å². The van der Waals surface area contributed by atoms with Crippen molar-refractivity contribution in [3.63, 3.8) is 0 Å². The molecule has 0 unspecified atom stereocenters. The molecule has 0 spiro atoms. The van der Waals surface area contributed by atoms with Crippen molar-refractivity contribution in [2.75, 3.05) is 14.1 Å². The fraction of sp³-hybridized carbons (Fsp3) is 0.286. The number of benzene rings is 5. The summed E-state index contributed by atoms with van der Waals surface area (Å²) in [6.45, 7) is -1.22. The van der Waals surface area contributed by atoms with E-state index in [4.69, 9.17) is 33.2 Å². The van der Waals surface area contributed by atoms with Gasteiger partial charge in [0.15, 0.2) is 64.0 Å². The van der Waals surface area contributed by atoms with Crippen LogP contribution >= 0.6 is 33.2 Å². The van der Waals surface area contributed by atoms with Crippen LogP contribution in [0.2, 0.25) is 25.2 Å². The van der Waals surface area contributed by atoms with Crippen LogP contribution in [-0.2, 0) is 0 Å². The standard InChI is InChI=1S/C34H22BCl3F19Si2.C8H11N/c1-58(2,36)9-7-5-3-4-6-8-10-59(37,38)34-32(56)21(45)14(22(46)33(34)57)35(11-15(39)23(47)29(53)24(48)16(11)40,12-17(41)25(49)30(54)26(50)18(12)42)13-19(43)27(51)31(55)28(52)20(13)44;1-9(2)8-6-4-3-5-7-8/h3-10H2,1-2H3;3-7H,1-2H3/q-1;/p+1. The van der Waals surface area contributed by atoms with Crippen LogP contribution in [-0.4, -0.2) is 34.3 Å². The summed E-state index contributed by atoms with van der Waals surface area (Å²) in [7, 11) is 2.37. The summed E-state index contributed by atoms with van der Waals surface area (Å²) >= 11 is 18.6. The highest BCUT2D eigenvalue weighted by molar-refractivity contribution is 7.51. The molecule has 0 aliphatic heterocycles. The molecule has 26 heteroatoms. The van der Waals surface area contributed by atoms with Gasteiger partial charge in [-0.1, -0.05) is 69.8 Å². The first-order chi connectivity index (χ1) is 31.4. The van der Waals surface area contributed by atoms with Crippen molar-refractivity contribution in [1.29, 1.82) is 0 Å². The lowest BCUT2D eigenvalue weighted by molar-refractivity contribution is -0.786. The molecule has 5 aromatic carbocycles. The second-order valence-electron chi connectivity index (χ2n) is 16.3. The highest BCUT2D eigenvalue weighted by Gasteiger charge is 2.53. The van der Waals surface area contributed by atoms with Crippen molar-refractivity contribution < 1.29 is 88.3 Å². The van der Waals surface area contributed by atoms with Gasteiger partial charge < -0.3 is 4.90 Å². The lowest BCUT2D eigenvalue weighted by atomic mass is 9.12. The third kappa shape index (κ3) is 10.7. The quantitative estimate of drug-likeness (QED) is 0.0266. The zero-order valence-electron chi connectivity index (χ0n) is 35.4. The maximum Gasteiger partial charge on any atom is 0.286 e. The Kier molecular flexibility index (Phi) is 18.4. The Hall–Kier alpha value is -3.90. The van der Waals surface area contributed by atoms with Gasteiger partial charge in [0.05, 0.1) is 14.1 Å². The number of rotatable bonds is 15. The fourth-order valence-electron chi connectivity index (χ4n) is 7.72. The van der Waals surface area contributed by atoms with Crippen molar-refractivity contribution in [3.8, 4) is 0 Å². The molecule has 0 aliphatic carbocycles. The molecule has 0 heterocycles. The van der Waals surface area contributed by atoms with Crippen molar-refractivity contribution in [2.24, 2.45) is 0 Å². The van der Waals surface area contributed by atoms with Crippen molar-refractivity contribution >= 4 is 86.2 Å². The topological polar surface area (TPSA) is 4.44 Å².